The number of pyridine rings is 1. The van der Waals surface area contributed by atoms with Crippen LogP contribution in [0.4, 0.5) is 9.59 Å². The van der Waals surface area contributed by atoms with Crippen LogP contribution >= 0.6 is 11.6 Å². The maximum atomic E-state index is 13.9. The monoisotopic (exact) mass is 847 g/mol. The SMILES string of the molecule is COC(=O)N[C@H](C(=O)N1[C@@H]2C[C@H]2C[C@H]1c1nc(Cl)c(-c2ccc(-c3ccc4nc(-c5c[nH]c([C@@H]6C[C@H]7C[C@H]7N6C(=O)[C@H](C(C)C)N(C)C(=O)O)n5)ccc4c3)cc2)[nH]1)C(C)C. The third-order valence-electron chi connectivity index (χ3n) is 13.1. The maximum Gasteiger partial charge on any atom is 0.407 e. The molecule has 4 amide bonds. The fourth-order valence-corrected chi connectivity index (χ4v) is 9.95. The van der Waals surface area contributed by atoms with Crippen LogP contribution in [0, 0.1) is 23.7 Å². The van der Waals surface area contributed by atoms with Gasteiger partial charge in [-0.2, -0.15) is 0 Å². The first kappa shape index (κ1) is 40.4. The fourth-order valence-electron chi connectivity index (χ4n) is 9.70. The van der Waals surface area contributed by atoms with Crippen LogP contribution in [-0.2, 0) is 14.3 Å². The first-order valence-corrected chi connectivity index (χ1v) is 21.4. The number of carbonyl (C=O) groups is 4. The third kappa shape index (κ3) is 7.36. The van der Waals surface area contributed by atoms with Crippen LogP contribution in [0.5, 0.6) is 0 Å². The number of fused-ring (bicyclic) bond motifs is 3. The zero-order valence-electron chi connectivity index (χ0n) is 34.9. The van der Waals surface area contributed by atoms with E-state index < -0.39 is 24.3 Å². The number of hydrogen-bond donors (Lipinski definition) is 4. The number of imidazole rings is 2. The topological polar surface area (TPSA) is 190 Å². The molecule has 318 valence electrons. The van der Waals surface area contributed by atoms with E-state index in [9.17, 15) is 24.3 Å². The number of nitrogens with zero attached hydrogens (tertiary/aromatic N) is 6. The van der Waals surface area contributed by atoms with Gasteiger partial charge in [-0.25, -0.2) is 24.5 Å². The summed E-state index contributed by atoms with van der Waals surface area (Å²) in [5, 5.41) is 13.7. The van der Waals surface area contributed by atoms with Gasteiger partial charge in [-0.3, -0.25) is 14.5 Å². The number of carboxylic acid groups (broad SMARTS) is 1. The quantitative estimate of drug-likeness (QED) is 0.103. The lowest BCUT2D eigenvalue weighted by Gasteiger charge is -2.35. The first-order chi connectivity index (χ1) is 29.2. The summed E-state index contributed by atoms with van der Waals surface area (Å²) in [6.07, 6.45) is 3.49. The molecule has 0 spiro atoms. The van der Waals surface area contributed by atoms with Crippen LogP contribution in [-0.4, -0.2) is 107 Å². The Bertz CT molecular complexity index is 2540. The minimum absolute atomic E-state index is 0.106. The van der Waals surface area contributed by atoms with Crippen molar-refractivity contribution >= 4 is 46.5 Å². The molecule has 9 rings (SSSR count). The van der Waals surface area contributed by atoms with Gasteiger partial charge in [0.15, 0.2) is 5.15 Å². The van der Waals surface area contributed by atoms with E-state index in [-0.39, 0.29) is 47.8 Å². The molecule has 4 N–H and O–H groups in total. The number of carbonyl (C=O) groups excluding carboxylic acids is 3. The van der Waals surface area contributed by atoms with Gasteiger partial charge >= 0.3 is 12.2 Å². The second kappa shape index (κ2) is 15.5. The molecule has 16 heteroatoms. The average molecular weight is 848 g/mol. The number of rotatable bonds is 11. The summed E-state index contributed by atoms with van der Waals surface area (Å²) < 4.78 is 4.80. The summed E-state index contributed by atoms with van der Waals surface area (Å²) in [6.45, 7) is 7.55. The van der Waals surface area contributed by atoms with Crippen LogP contribution in [0.15, 0.2) is 60.8 Å². The van der Waals surface area contributed by atoms with E-state index in [2.05, 4.69) is 21.4 Å². The molecule has 2 aliphatic carbocycles. The molecule has 2 aromatic carbocycles. The van der Waals surface area contributed by atoms with Crippen molar-refractivity contribution in [2.24, 2.45) is 23.7 Å². The van der Waals surface area contributed by atoms with Crippen LogP contribution in [0.2, 0.25) is 5.15 Å². The van der Waals surface area contributed by atoms with Crippen molar-refractivity contribution in [3.63, 3.8) is 0 Å². The minimum Gasteiger partial charge on any atom is -0.465 e. The summed E-state index contributed by atoms with van der Waals surface area (Å²) in [4.78, 5) is 77.8. The lowest BCUT2D eigenvalue weighted by atomic mass is 10.0. The Kier molecular flexibility index (Phi) is 10.3. The number of likely N-dealkylation sites (tertiary alicyclic amines) is 2. The van der Waals surface area contributed by atoms with Crippen LogP contribution in [0.1, 0.15) is 77.1 Å². The smallest absolute Gasteiger partial charge is 0.407 e. The highest BCUT2D eigenvalue weighted by atomic mass is 35.5. The molecule has 61 heavy (non-hydrogen) atoms. The molecular formula is C45H50ClN9O6. The van der Waals surface area contributed by atoms with Gasteiger partial charge in [0.25, 0.3) is 0 Å². The largest absolute Gasteiger partial charge is 0.465 e. The minimum atomic E-state index is -1.12. The zero-order chi connectivity index (χ0) is 43.0. The van der Waals surface area contributed by atoms with Gasteiger partial charge in [-0.1, -0.05) is 75.7 Å². The molecule has 8 atom stereocenters. The highest BCUT2D eigenvalue weighted by molar-refractivity contribution is 6.32. The molecule has 3 aromatic heterocycles. The summed E-state index contributed by atoms with van der Waals surface area (Å²) in [5.41, 5.74) is 5.76. The second-order valence-corrected chi connectivity index (χ2v) is 18.1. The number of hydrogen-bond acceptors (Lipinski definition) is 8. The standard InChI is InChI=1S/C45H50ClN9O6/c1-21(2)36(51-44(58)61-6)42(56)54-32-16-28(32)19-35(54)41-50-37(39(46)52-41)24-9-7-23(8-10-24)25-11-13-29-26(15-25)12-14-30(48-29)31-20-47-40(49-31)34-18-27-17-33(27)55(34)43(57)38(22(3)4)53(5)45(59)60/h7-15,20-22,27-28,32-36,38H,16-19H2,1-6H3,(H,47,49)(H,50,52)(H,51,58)(H,59,60)/t27-,28+,32-,33-,34+,35+,36+,38+/m1/s1. The Morgan fingerprint density at radius 3 is 2.08 bits per heavy atom. The van der Waals surface area contributed by atoms with Crippen molar-refractivity contribution in [3.05, 3.63) is 77.6 Å². The molecule has 5 heterocycles. The number of aromatic amines is 2. The van der Waals surface area contributed by atoms with Crippen molar-refractivity contribution in [2.45, 2.75) is 89.6 Å². The molecule has 0 radical (unpaired) electrons. The van der Waals surface area contributed by atoms with Crippen molar-refractivity contribution in [1.29, 1.82) is 0 Å². The number of halogens is 1. The average Bonchev–Trinajstić information content (AvgIpc) is 3.88. The second-order valence-electron chi connectivity index (χ2n) is 17.7. The van der Waals surface area contributed by atoms with Crippen molar-refractivity contribution < 1.29 is 29.0 Å². The Morgan fingerprint density at radius 2 is 1.44 bits per heavy atom. The van der Waals surface area contributed by atoms with Gasteiger partial charge in [-0.15, -0.1) is 0 Å². The molecule has 4 aliphatic rings. The van der Waals surface area contributed by atoms with E-state index in [4.69, 9.17) is 31.3 Å². The number of methoxy groups -OCH3 is 1. The van der Waals surface area contributed by atoms with Crippen molar-refractivity contribution in [1.82, 2.24) is 44.9 Å². The number of alkyl carbamates (subject to hydrolysis) is 1. The summed E-state index contributed by atoms with van der Waals surface area (Å²) in [5.74, 6) is 1.47. The van der Waals surface area contributed by atoms with E-state index in [1.807, 2.05) is 92.2 Å². The first-order valence-electron chi connectivity index (χ1n) is 21.0. The fraction of sp³-hybridized carbons (Fsp3) is 0.444. The van der Waals surface area contributed by atoms with E-state index in [1.54, 1.807) is 0 Å². The Balaban J connectivity index is 0.898. The molecular weight excluding hydrogens is 798 g/mol. The van der Waals surface area contributed by atoms with Gasteiger partial charge in [0.2, 0.25) is 11.8 Å². The predicted octanol–water partition coefficient (Wildman–Crippen LogP) is 7.67. The molecule has 4 fully saturated rings. The number of aromatic nitrogens is 5. The predicted molar refractivity (Wildman–Crippen MR) is 228 cm³/mol. The van der Waals surface area contributed by atoms with Crippen LogP contribution in [0.25, 0.3) is 44.7 Å². The van der Waals surface area contributed by atoms with Gasteiger partial charge in [0.1, 0.15) is 29.4 Å². The molecule has 2 aliphatic heterocycles. The number of ether oxygens (including phenoxy) is 1. The Labute approximate surface area is 358 Å². The van der Waals surface area contributed by atoms with Gasteiger partial charge < -0.3 is 34.9 Å². The number of H-pyrrole nitrogens is 2. The normalized spacial score (nSPS) is 23.5. The molecule has 15 nitrogen and oxygen atoms in total. The zero-order valence-corrected chi connectivity index (χ0v) is 35.7. The number of amides is 4. The van der Waals surface area contributed by atoms with Crippen LogP contribution in [0.3, 0.4) is 0 Å². The number of piperidine rings is 2. The molecule has 2 saturated carbocycles. The molecule has 0 bridgehead atoms. The van der Waals surface area contributed by atoms with Gasteiger partial charge in [0.05, 0.1) is 36.1 Å². The Morgan fingerprint density at radius 1 is 0.803 bits per heavy atom. The number of nitrogens with one attached hydrogen (secondary N) is 3. The van der Waals surface area contributed by atoms with E-state index in [0.717, 1.165) is 58.2 Å². The summed E-state index contributed by atoms with van der Waals surface area (Å²) in [6, 6.07) is 16.4. The van der Waals surface area contributed by atoms with E-state index in [0.29, 0.717) is 45.7 Å². The number of likely N-dealkylation sites (N-methyl/N-ethyl adjacent to an activating group) is 1. The summed E-state index contributed by atoms with van der Waals surface area (Å²) in [7, 11) is 2.75. The highest BCUT2D eigenvalue weighted by Crippen LogP contribution is 2.55. The third-order valence-corrected chi connectivity index (χ3v) is 13.4. The van der Waals surface area contributed by atoms with Crippen LogP contribution < -0.4 is 5.32 Å². The lowest BCUT2D eigenvalue weighted by molar-refractivity contribution is -0.140. The summed E-state index contributed by atoms with van der Waals surface area (Å²) >= 11 is 6.75. The Hall–Kier alpha value is -5.96. The molecule has 2 saturated heterocycles. The number of benzene rings is 2. The van der Waals surface area contributed by atoms with Gasteiger partial charge in [-0.05, 0) is 78.7 Å². The van der Waals surface area contributed by atoms with Gasteiger partial charge in [0, 0.05) is 36.3 Å². The highest BCUT2D eigenvalue weighted by Gasteiger charge is 2.57. The van der Waals surface area contributed by atoms with E-state index in [1.165, 1.54) is 14.2 Å². The molecule has 5 aromatic rings. The van der Waals surface area contributed by atoms with Crippen molar-refractivity contribution in [2.75, 3.05) is 14.2 Å². The molecule has 0 unspecified atom stereocenters. The maximum absolute atomic E-state index is 13.9. The van der Waals surface area contributed by atoms with E-state index >= 15 is 0 Å². The lowest BCUT2D eigenvalue weighted by Crippen LogP contribution is -2.52. The van der Waals surface area contributed by atoms with Crippen molar-refractivity contribution in [3.8, 4) is 33.8 Å².